The third-order valence-electron chi connectivity index (χ3n) is 4.29. The Hall–Kier alpha value is -3.00. The van der Waals surface area contributed by atoms with Gasteiger partial charge in [-0.1, -0.05) is 11.6 Å². The van der Waals surface area contributed by atoms with Crippen LogP contribution in [0.3, 0.4) is 0 Å². The summed E-state index contributed by atoms with van der Waals surface area (Å²) in [6.07, 6.45) is 0.529. The van der Waals surface area contributed by atoms with Gasteiger partial charge in [-0.2, -0.15) is 0 Å². The van der Waals surface area contributed by atoms with E-state index >= 15 is 0 Å². The van der Waals surface area contributed by atoms with Crippen LogP contribution in [-0.2, 0) is 9.53 Å². The second-order valence-electron chi connectivity index (χ2n) is 6.69. The number of anilines is 1. The molecule has 0 saturated carbocycles. The molecule has 9 heteroatoms. The van der Waals surface area contributed by atoms with E-state index < -0.39 is 17.8 Å². The van der Waals surface area contributed by atoms with Crippen molar-refractivity contribution in [1.82, 2.24) is 0 Å². The standard InChI is InChI=1S/C21H25ClN2O6/c1-5-28-21(27)16-13(4)30-20(17(16)19(23)26)24-15(25)7-6-8-29-14-9-11(2)18(22)12(3)10-14/h9-10H,5-8H2,1-4H3,(H2,23,26)(H,24,25). The van der Waals surface area contributed by atoms with Crippen LogP contribution in [0.15, 0.2) is 16.5 Å². The summed E-state index contributed by atoms with van der Waals surface area (Å²) in [6, 6.07) is 3.66. The molecule has 8 nitrogen and oxygen atoms in total. The number of furan rings is 1. The third kappa shape index (κ3) is 5.54. The molecule has 0 saturated heterocycles. The minimum atomic E-state index is -0.901. The quantitative estimate of drug-likeness (QED) is 0.453. The largest absolute Gasteiger partial charge is 0.494 e. The first-order valence-corrected chi connectivity index (χ1v) is 9.83. The number of primary amides is 1. The van der Waals surface area contributed by atoms with Gasteiger partial charge in [0.05, 0.1) is 13.2 Å². The Labute approximate surface area is 179 Å². The van der Waals surface area contributed by atoms with Gasteiger partial charge in [0.1, 0.15) is 22.6 Å². The van der Waals surface area contributed by atoms with E-state index in [9.17, 15) is 14.4 Å². The summed E-state index contributed by atoms with van der Waals surface area (Å²) in [5.74, 6) is -1.41. The zero-order valence-corrected chi connectivity index (χ0v) is 18.1. The van der Waals surface area contributed by atoms with Gasteiger partial charge in [-0.3, -0.25) is 14.9 Å². The van der Waals surface area contributed by atoms with E-state index in [0.29, 0.717) is 23.8 Å². The molecule has 0 aliphatic rings. The van der Waals surface area contributed by atoms with Gasteiger partial charge >= 0.3 is 5.97 Å². The van der Waals surface area contributed by atoms with Crippen LogP contribution in [0.4, 0.5) is 5.88 Å². The molecule has 30 heavy (non-hydrogen) atoms. The molecule has 2 rings (SSSR count). The molecule has 1 heterocycles. The number of carbonyl (C=O) groups excluding carboxylic acids is 3. The van der Waals surface area contributed by atoms with Crippen LogP contribution in [0.1, 0.15) is 57.4 Å². The lowest BCUT2D eigenvalue weighted by atomic mass is 10.1. The van der Waals surface area contributed by atoms with Crippen molar-refractivity contribution in [2.45, 2.75) is 40.5 Å². The van der Waals surface area contributed by atoms with Crippen LogP contribution < -0.4 is 15.8 Å². The highest BCUT2D eigenvalue weighted by Gasteiger charge is 2.29. The van der Waals surface area contributed by atoms with E-state index in [4.69, 9.17) is 31.2 Å². The number of halogens is 1. The fourth-order valence-corrected chi connectivity index (χ4v) is 3.03. The molecule has 1 aromatic carbocycles. The van der Waals surface area contributed by atoms with E-state index in [-0.39, 0.29) is 35.8 Å². The van der Waals surface area contributed by atoms with Gasteiger partial charge in [0.15, 0.2) is 0 Å². The second-order valence-corrected chi connectivity index (χ2v) is 7.07. The van der Waals surface area contributed by atoms with E-state index in [0.717, 1.165) is 11.1 Å². The average molecular weight is 437 g/mol. The summed E-state index contributed by atoms with van der Waals surface area (Å²) in [5.41, 5.74) is 6.90. The van der Waals surface area contributed by atoms with Crippen LogP contribution in [0.25, 0.3) is 0 Å². The maximum absolute atomic E-state index is 12.3. The monoisotopic (exact) mass is 436 g/mol. The van der Waals surface area contributed by atoms with Crippen molar-refractivity contribution in [2.24, 2.45) is 5.73 Å². The lowest BCUT2D eigenvalue weighted by Gasteiger charge is -2.10. The molecule has 0 radical (unpaired) electrons. The van der Waals surface area contributed by atoms with Crippen molar-refractivity contribution >= 4 is 35.3 Å². The molecule has 0 aliphatic carbocycles. The van der Waals surface area contributed by atoms with Crippen molar-refractivity contribution in [1.29, 1.82) is 0 Å². The minimum absolute atomic E-state index is 0.0866. The molecule has 0 unspecified atom stereocenters. The highest BCUT2D eigenvalue weighted by Crippen LogP contribution is 2.28. The number of ether oxygens (including phenoxy) is 2. The molecule has 2 aromatic rings. The van der Waals surface area contributed by atoms with E-state index in [1.54, 1.807) is 6.92 Å². The molecule has 1 aromatic heterocycles. The topological polar surface area (TPSA) is 121 Å². The van der Waals surface area contributed by atoms with E-state index in [2.05, 4.69) is 5.32 Å². The number of benzene rings is 1. The number of rotatable bonds is 9. The Bertz CT molecular complexity index is 944. The number of aryl methyl sites for hydroxylation is 3. The lowest BCUT2D eigenvalue weighted by Crippen LogP contribution is -2.20. The maximum Gasteiger partial charge on any atom is 0.342 e. The number of nitrogens with one attached hydrogen (secondary N) is 1. The Morgan fingerprint density at radius 2 is 1.77 bits per heavy atom. The van der Waals surface area contributed by atoms with Crippen molar-refractivity contribution < 1.29 is 28.3 Å². The van der Waals surface area contributed by atoms with Crippen molar-refractivity contribution in [2.75, 3.05) is 18.5 Å². The van der Waals surface area contributed by atoms with Gasteiger partial charge in [0.25, 0.3) is 5.91 Å². The number of carbonyl (C=O) groups is 3. The molecule has 162 valence electrons. The molecule has 0 atom stereocenters. The summed E-state index contributed by atoms with van der Waals surface area (Å²) in [4.78, 5) is 36.1. The zero-order valence-electron chi connectivity index (χ0n) is 17.4. The van der Waals surface area contributed by atoms with Crippen molar-refractivity contribution in [3.05, 3.63) is 45.2 Å². The molecule has 3 N–H and O–H groups in total. The molecular weight excluding hydrogens is 412 g/mol. The zero-order chi connectivity index (χ0) is 22.4. The first-order chi connectivity index (χ1) is 14.1. The van der Waals surface area contributed by atoms with Crippen LogP contribution in [0, 0.1) is 20.8 Å². The van der Waals surface area contributed by atoms with Crippen LogP contribution in [-0.4, -0.2) is 31.0 Å². The Morgan fingerprint density at radius 3 is 2.33 bits per heavy atom. The van der Waals surface area contributed by atoms with Crippen LogP contribution >= 0.6 is 11.6 Å². The Balaban J connectivity index is 1.97. The van der Waals surface area contributed by atoms with Crippen LogP contribution in [0.2, 0.25) is 5.02 Å². The number of esters is 1. The first-order valence-electron chi connectivity index (χ1n) is 9.45. The van der Waals surface area contributed by atoms with Crippen molar-refractivity contribution in [3.8, 4) is 5.75 Å². The number of hydrogen-bond donors (Lipinski definition) is 2. The number of amides is 2. The second kappa shape index (κ2) is 10.2. The average Bonchev–Trinajstić information content (AvgIpc) is 2.99. The summed E-state index contributed by atoms with van der Waals surface area (Å²) in [5, 5.41) is 3.18. The van der Waals surface area contributed by atoms with Gasteiger partial charge < -0.3 is 19.6 Å². The Kier molecular flexibility index (Phi) is 7.88. The SMILES string of the molecule is CCOC(=O)c1c(C)oc(NC(=O)CCCOc2cc(C)c(Cl)c(C)c2)c1C(N)=O. The molecular formula is C21H25ClN2O6. The molecule has 0 bridgehead atoms. The lowest BCUT2D eigenvalue weighted by molar-refractivity contribution is -0.116. The van der Waals surface area contributed by atoms with E-state index in [1.807, 2.05) is 26.0 Å². The fourth-order valence-electron chi connectivity index (χ4n) is 2.92. The summed E-state index contributed by atoms with van der Waals surface area (Å²) < 4.78 is 16.0. The first kappa shape index (κ1) is 23.3. The molecule has 0 fully saturated rings. The third-order valence-corrected chi connectivity index (χ3v) is 4.89. The fraction of sp³-hybridized carbons (Fsp3) is 0.381. The van der Waals surface area contributed by atoms with Crippen molar-refractivity contribution in [3.63, 3.8) is 0 Å². The minimum Gasteiger partial charge on any atom is -0.494 e. The smallest absolute Gasteiger partial charge is 0.342 e. The van der Waals surface area contributed by atoms with Gasteiger partial charge in [-0.15, -0.1) is 0 Å². The van der Waals surface area contributed by atoms with Crippen LogP contribution in [0.5, 0.6) is 5.75 Å². The highest BCUT2D eigenvalue weighted by atomic mass is 35.5. The summed E-state index contributed by atoms with van der Waals surface area (Å²) in [6.45, 7) is 7.33. The Morgan fingerprint density at radius 1 is 1.13 bits per heavy atom. The maximum atomic E-state index is 12.3. The summed E-state index contributed by atoms with van der Waals surface area (Å²) in [7, 11) is 0. The highest BCUT2D eigenvalue weighted by molar-refractivity contribution is 6.32. The molecule has 0 spiro atoms. The van der Waals surface area contributed by atoms with Gasteiger partial charge in [-0.25, -0.2) is 4.79 Å². The molecule has 2 amide bonds. The van der Waals surface area contributed by atoms with Gasteiger partial charge in [-0.05, 0) is 57.4 Å². The number of hydrogen-bond acceptors (Lipinski definition) is 6. The predicted octanol–water partition coefficient (Wildman–Crippen LogP) is 3.93. The normalized spacial score (nSPS) is 10.6. The van der Waals surface area contributed by atoms with E-state index in [1.165, 1.54) is 6.92 Å². The van der Waals surface area contributed by atoms with Gasteiger partial charge in [0.2, 0.25) is 11.8 Å². The summed E-state index contributed by atoms with van der Waals surface area (Å²) >= 11 is 6.14. The van der Waals surface area contributed by atoms with Gasteiger partial charge in [0, 0.05) is 11.4 Å². The number of nitrogens with two attached hydrogens (primary N) is 1. The molecule has 0 aliphatic heterocycles. The predicted molar refractivity (Wildman–Crippen MR) is 112 cm³/mol.